The van der Waals surface area contributed by atoms with E-state index in [0.29, 0.717) is 5.25 Å². The molecular weight excluding hydrogens is 172 g/mol. The number of aliphatic hydroxyl groups excluding tert-OH is 2. The molecule has 2 nitrogen and oxygen atoms in total. The summed E-state index contributed by atoms with van der Waals surface area (Å²) in [6.07, 6.45) is 5.32. The number of hydrogen-bond acceptors (Lipinski definition) is 3. The first-order valence-corrected chi connectivity index (χ1v) is 5.80. The third-order valence-corrected chi connectivity index (χ3v) is 3.80. The molecule has 1 aliphatic carbocycles. The van der Waals surface area contributed by atoms with Crippen molar-refractivity contribution in [2.24, 2.45) is 0 Å². The summed E-state index contributed by atoms with van der Waals surface area (Å²) in [4.78, 5) is 0. The van der Waals surface area contributed by atoms with Crippen LogP contribution in [0.1, 0.15) is 32.1 Å². The van der Waals surface area contributed by atoms with Gasteiger partial charge in [-0.05, 0) is 25.0 Å². The fourth-order valence-electron chi connectivity index (χ4n) is 1.57. The van der Waals surface area contributed by atoms with Crippen molar-refractivity contribution in [2.45, 2.75) is 43.5 Å². The van der Waals surface area contributed by atoms with Gasteiger partial charge in [-0.2, -0.15) is 11.8 Å². The predicted molar refractivity (Wildman–Crippen MR) is 52.4 cm³/mol. The summed E-state index contributed by atoms with van der Waals surface area (Å²) in [6, 6.07) is 0. The van der Waals surface area contributed by atoms with E-state index in [1.54, 1.807) is 0 Å². The molecule has 0 aromatic carbocycles. The topological polar surface area (TPSA) is 40.5 Å². The molecule has 0 radical (unpaired) electrons. The van der Waals surface area contributed by atoms with Gasteiger partial charge in [0.1, 0.15) is 0 Å². The summed E-state index contributed by atoms with van der Waals surface area (Å²) in [5.41, 5.74) is 0. The van der Waals surface area contributed by atoms with Crippen LogP contribution in [0, 0.1) is 0 Å². The Bertz CT molecular complexity index is 119. The molecule has 0 aromatic heterocycles. The lowest BCUT2D eigenvalue weighted by atomic mass is 9.97. The lowest BCUT2D eigenvalue weighted by molar-refractivity contribution is 0.137. The molecule has 1 aliphatic rings. The number of thioether (sulfide) groups is 1. The second kappa shape index (κ2) is 5.84. The standard InChI is InChI=1S/C9H18O2S/c10-6-3-7-12-9-5-2-1-4-8(9)11/h8-11H,1-7H2/t8-,9-/m0/s1. The average molecular weight is 190 g/mol. The molecule has 1 saturated carbocycles. The van der Waals surface area contributed by atoms with Crippen molar-refractivity contribution in [2.75, 3.05) is 12.4 Å². The van der Waals surface area contributed by atoms with E-state index in [2.05, 4.69) is 0 Å². The zero-order chi connectivity index (χ0) is 8.81. The maximum absolute atomic E-state index is 9.58. The summed E-state index contributed by atoms with van der Waals surface area (Å²) < 4.78 is 0. The van der Waals surface area contributed by atoms with Gasteiger partial charge in [0.2, 0.25) is 0 Å². The maximum atomic E-state index is 9.58. The first-order valence-electron chi connectivity index (χ1n) is 4.75. The molecule has 2 atom stereocenters. The van der Waals surface area contributed by atoms with Crippen LogP contribution >= 0.6 is 11.8 Å². The Morgan fingerprint density at radius 1 is 1.25 bits per heavy atom. The van der Waals surface area contributed by atoms with Gasteiger partial charge >= 0.3 is 0 Å². The highest BCUT2D eigenvalue weighted by Gasteiger charge is 2.22. The minimum absolute atomic E-state index is 0.0950. The monoisotopic (exact) mass is 190 g/mol. The largest absolute Gasteiger partial charge is 0.396 e. The Labute approximate surface area is 78.4 Å². The van der Waals surface area contributed by atoms with E-state index in [1.807, 2.05) is 11.8 Å². The van der Waals surface area contributed by atoms with E-state index in [-0.39, 0.29) is 12.7 Å². The quantitative estimate of drug-likeness (QED) is 0.658. The molecular formula is C9H18O2S. The van der Waals surface area contributed by atoms with Crippen LogP contribution in [0.3, 0.4) is 0 Å². The molecule has 1 rings (SSSR count). The summed E-state index contributed by atoms with van der Waals surface area (Å²) in [5, 5.41) is 18.6. The van der Waals surface area contributed by atoms with Crippen LogP contribution in [0.25, 0.3) is 0 Å². The Morgan fingerprint density at radius 3 is 2.67 bits per heavy atom. The molecule has 12 heavy (non-hydrogen) atoms. The molecule has 0 spiro atoms. The molecule has 2 N–H and O–H groups in total. The zero-order valence-corrected chi connectivity index (χ0v) is 8.22. The molecule has 72 valence electrons. The third-order valence-electron chi connectivity index (χ3n) is 2.30. The first kappa shape index (κ1) is 10.4. The second-order valence-corrected chi connectivity index (χ2v) is 4.69. The van der Waals surface area contributed by atoms with Gasteiger partial charge in [-0.3, -0.25) is 0 Å². The second-order valence-electron chi connectivity index (χ2n) is 3.34. The highest BCUT2D eigenvalue weighted by atomic mass is 32.2. The molecule has 0 unspecified atom stereocenters. The van der Waals surface area contributed by atoms with Gasteiger partial charge < -0.3 is 10.2 Å². The maximum Gasteiger partial charge on any atom is 0.0658 e. The molecule has 0 heterocycles. The molecule has 0 aromatic rings. The molecule has 3 heteroatoms. The Morgan fingerprint density at radius 2 is 2.00 bits per heavy atom. The van der Waals surface area contributed by atoms with Crippen LogP contribution in [0.5, 0.6) is 0 Å². The van der Waals surface area contributed by atoms with E-state index in [1.165, 1.54) is 12.8 Å². The summed E-state index contributed by atoms with van der Waals surface area (Å²) in [6.45, 7) is 0.274. The summed E-state index contributed by atoms with van der Waals surface area (Å²) in [5.74, 6) is 0.984. The fraction of sp³-hybridized carbons (Fsp3) is 1.00. The number of aliphatic hydroxyl groups is 2. The molecule has 0 bridgehead atoms. The summed E-state index contributed by atoms with van der Waals surface area (Å²) >= 11 is 1.82. The SMILES string of the molecule is OCCCS[C@H]1CCCC[C@@H]1O. The van der Waals surface area contributed by atoms with Crippen molar-refractivity contribution < 1.29 is 10.2 Å². The zero-order valence-electron chi connectivity index (χ0n) is 7.41. The number of hydrogen-bond donors (Lipinski definition) is 2. The van der Waals surface area contributed by atoms with Gasteiger partial charge in [0.15, 0.2) is 0 Å². The molecule has 0 saturated heterocycles. The smallest absolute Gasteiger partial charge is 0.0658 e. The Balaban J connectivity index is 2.11. The van der Waals surface area contributed by atoms with Crippen molar-refractivity contribution in [3.05, 3.63) is 0 Å². The van der Waals surface area contributed by atoms with Crippen LogP contribution < -0.4 is 0 Å². The van der Waals surface area contributed by atoms with Crippen molar-refractivity contribution in [1.82, 2.24) is 0 Å². The van der Waals surface area contributed by atoms with E-state index >= 15 is 0 Å². The normalized spacial score (nSPS) is 30.5. The van der Waals surface area contributed by atoms with Crippen LogP contribution in [-0.4, -0.2) is 33.9 Å². The van der Waals surface area contributed by atoms with Crippen LogP contribution in [0.2, 0.25) is 0 Å². The lowest BCUT2D eigenvalue weighted by Gasteiger charge is -2.26. The van der Waals surface area contributed by atoms with Gasteiger partial charge in [-0.25, -0.2) is 0 Å². The van der Waals surface area contributed by atoms with Gasteiger partial charge in [0.05, 0.1) is 6.10 Å². The van der Waals surface area contributed by atoms with Crippen molar-refractivity contribution in [3.8, 4) is 0 Å². The fourth-order valence-corrected chi connectivity index (χ4v) is 2.86. The van der Waals surface area contributed by atoms with Crippen molar-refractivity contribution >= 4 is 11.8 Å². The lowest BCUT2D eigenvalue weighted by Crippen LogP contribution is -2.27. The van der Waals surface area contributed by atoms with Crippen LogP contribution in [0.15, 0.2) is 0 Å². The Hall–Kier alpha value is 0.270. The predicted octanol–water partition coefficient (Wildman–Crippen LogP) is 1.41. The molecule has 0 amide bonds. The van der Waals surface area contributed by atoms with E-state index in [9.17, 15) is 5.11 Å². The molecule has 0 aliphatic heterocycles. The minimum atomic E-state index is -0.0950. The van der Waals surface area contributed by atoms with Gasteiger partial charge in [-0.1, -0.05) is 12.8 Å². The highest BCUT2D eigenvalue weighted by Crippen LogP contribution is 2.28. The van der Waals surface area contributed by atoms with E-state index in [4.69, 9.17) is 5.11 Å². The summed E-state index contributed by atoms with van der Waals surface area (Å²) in [7, 11) is 0. The first-order chi connectivity index (χ1) is 5.84. The van der Waals surface area contributed by atoms with Crippen LogP contribution in [0.4, 0.5) is 0 Å². The third kappa shape index (κ3) is 3.33. The minimum Gasteiger partial charge on any atom is -0.396 e. The van der Waals surface area contributed by atoms with Crippen LogP contribution in [-0.2, 0) is 0 Å². The van der Waals surface area contributed by atoms with Gasteiger partial charge in [-0.15, -0.1) is 0 Å². The molecule has 1 fully saturated rings. The average Bonchev–Trinajstić information content (AvgIpc) is 2.09. The Kier molecular flexibility index (Phi) is 5.04. The van der Waals surface area contributed by atoms with Crippen molar-refractivity contribution in [3.63, 3.8) is 0 Å². The number of rotatable bonds is 4. The highest BCUT2D eigenvalue weighted by molar-refractivity contribution is 7.99. The van der Waals surface area contributed by atoms with Gasteiger partial charge in [0, 0.05) is 11.9 Å². The van der Waals surface area contributed by atoms with E-state index < -0.39 is 0 Å². The van der Waals surface area contributed by atoms with Crippen molar-refractivity contribution in [1.29, 1.82) is 0 Å². The van der Waals surface area contributed by atoms with E-state index in [0.717, 1.165) is 25.0 Å². The van der Waals surface area contributed by atoms with Gasteiger partial charge in [0.25, 0.3) is 0 Å².